The summed E-state index contributed by atoms with van der Waals surface area (Å²) in [7, 11) is 1.66. The molecule has 5 nitrogen and oxygen atoms in total. The van der Waals surface area contributed by atoms with Crippen LogP contribution in [0.2, 0.25) is 0 Å². The molecule has 108 valence electrons. The standard InChI is InChI=1S/C16H17N3O2/c1-18-8-6-12(10-15(18)20)16(21)19-7-2-3-11-9-13(17)4-5-14(11)19/h4-6,8-10H,2-3,7,17H2,1H3. The second-order valence-electron chi connectivity index (χ2n) is 5.31. The average molecular weight is 283 g/mol. The van der Waals surface area contributed by atoms with Crippen LogP contribution in [0.4, 0.5) is 11.4 Å². The Morgan fingerprint density at radius 3 is 2.81 bits per heavy atom. The maximum absolute atomic E-state index is 12.7. The van der Waals surface area contributed by atoms with Crippen LogP contribution in [0.5, 0.6) is 0 Å². The molecule has 1 aromatic heterocycles. The topological polar surface area (TPSA) is 68.3 Å². The summed E-state index contributed by atoms with van der Waals surface area (Å²) < 4.78 is 1.45. The molecule has 0 saturated heterocycles. The van der Waals surface area contributed by atoms with Crippen LogP contribution in [0.25, 0.3) is 0 Å². The minimum atomic E-state index is -0.185. The van der Waals surface area contributed by atoms with E-state index in [1.807, 2.05) is 12.1 Å². The minimum absolute atomic E-state index is 0.140. The third kappa shape index (κ3) is 2.42. The maximum atomic E-state index is 12.7. The number of aromatic nitrogens is 1. The van der Waals surface area contributed by atoms with Crippen LogP contribution in [0.3, 0.4) is 0 Å². The highest BCUT2D eigenvalue weighted by atomic mass is 16.2. The minimum Gasteiger partial charge on any atom is -0.399 e. The number of nitrogens with two attached hydrogens (primary N) is 1. The fraction of sp³-hybridized carbons (Fsp3) is 0.250. The second-order valence-corrected chi connectivity index (χ2v) is 5.31. The van der Waals surface area contributed by atoms with Crippen molar-refractivity contribution in [2.75, 3.05) is 17.2 Å². The van der Waals surface area contributed by atoms with E-state index in [9.17, 15) is 9.59 Å². The van der Waals surface area contributed by atoms with Gasteiger partial charge in [-0.1, -0.05) is 0 Å². The van der Waals surface area contributed by atoms with Crippen molar-refractivity contribution in [3.05, 3.63) is 58.0 Å². The Bertz CT molecular complexity index is 764. The van der Waals surface area contributed by atoms with Crippen molar-refractivity contribution in [1.82, 2.24) is 4.57 Å². The molecule has 0 unspecified atom stereocenters. The SMILES string of the molecule is Cn1ccc(C(=O)N2CCCc3cc(N)ccc32)cc1=O. The number of hydrogen-bond acceptors (Lipinski definition) is 3. The quantitative estimate of drug-likeness (QED) is 0.808. The zero-order valence-electron chi connectivity index (χ0n) is 11.9. The summed E-state index contributed by atoms with van der Waals surface area (Å²) in [5, 5.41) is 0. The molecule has 1 aliphatic heterocycles. The van der Waals surface area contributed by atoms with Crippen molar-refractivity contribution in [2.24, 2.45) is 7.05 Å². The fourth-order valence-electron chi connectivity index (χ4n) is 2.67. The van der Waals surface area contributed by atoms with E-state index in [-0.39, 0.29) is 11.5 Å². The second kappa shape index (κ2) is 5.09. The van der Waals surface area contributed by atoms with E-state index < -0.39 is 0 Å². The van der Waals surface area contributed by atoms with Gasteiger partial charge in [0.05, 0.1) is 0 Å². The molecule has 1 amide bonds. The third-order valence-corrected chi connectivity index (χ3v) is 3.82. The molecule has 2 N–H and O–H groups in total. The first-order valence-electron chi connectivity index (χ1n) is 6.93. The van der Waals surface area contributed by atoms with Gasteiger partial charge in [-0.05, 0) is 42.7 Å². The number of rotatable bonds is 1. The van der Waals surface area contributed by atoms with Crippen molar-refractivity contribution >= 4 is 17.3 Å². The smallest absolute Gasteiger partial charge is 0.258 e. The van der Waals surface area contributed by atoms with E-state index in [4.69, 9.17) is 5.73 Å². The van der Waals surface area contributed by atoms with E-state index in [2.05, 4.69) is 0 Å². The summed E-state index contributed by atoms with van der Waals surface area (Å²) >= 11 is 0. The monoisotopic (exact) mass is 283 g/mol. The Morgan fingerprint density at radius 1 is 1.24 bits per heavy atom. The van der Waals surface area contributed by atoms with E-state index in [0.29, 0.717) is 17.8 Å². The van der Waals surface area contributed by atoms with Gasteiger partial charge in [0, 0.05) is 42.8 Å². The molecule has 0 bridgehead atoms. The lowest BCUT2D eigenvalue weighted by Gasteiger charge is -2.29. The lowest BCUT2D eigenvalue weighted by atomic mass is 10.00. The molecule has 0 spiro atoms. The van der Waals surface area contributed by atoms with Crippen molar-refractivity contribution in [3.63, 3.8) is 0 Å². The summed E-state index contributed by atoms with van der Waals surface area (Å²) in [4.78, 5) is 26.1. The van der Waals surface area contributed by atoms with Gasteiger partial charge in [-0.3, -0.25) is 9.59 Å². The van der Waals surface area contributed by atoms with Crippen molar-refractivity contribution < 1.29 is 4.79 Å². The number of anilines is 2. The highest BCUT2D eigenvalue weighted by Crippen LogP contribution is 2.29. The van der Waals surface area contributed by atoms with Gasteiger partial charge < -0.3 is 15.2 Å². The molecule has 2 aromatic rings. The van der Waals surface area contributed by atoms with Gasteiger partial charge >= 0.3 is 0 Å². The Labute approximate surface area is 122 Å². The van der Waals surface area contributed by atoms with Crippen molar-refractivity contribution in [2.45, 2.75) is 12.8 Å². The van der Waals surface area contributed by atoms with Crippen LogP contribution in [0.15, 0.2) is 41.3 Å². The number of fused-ring (bicyclic) bond motifs is 1. The highest BCUT2D eigenvalue weighted by Gasteiger charge is 2.23. The van der Waals surface area contributed by atoms with Crippen LogP contribution in [0.1, 0.15) is 22.3 Å². The van der Waals surface area contributed by atoms with E-state index in [0.717, 1.165) is 24.1 Å². The van der Waals surface area contributed by atoms with Crippen molar-refractivity contribution in [1.29, 1.82) is 0 Å². The first kappa shape index (κ1) is 13.4. The fourth-order valence-corrected chi connectivity index (χ4v) is 2.67. The van der Waals surface area contributed by atoms with E-state index in [1.165, 1.54) is 10.6 Å². The molecule has 0 radical (unpaired) electrons. The van der Waals surface area contributed by atoms with E-state index >= 15 is 0 Å². The first-order chi connectivity index (χ1) is 10.1. The first-order valence-corrected chi connectivity index (χ1v) is 6.93. The van der Waals surface area contributed by atoms with Gasteiger partial charge in [0.1, 0.15) is 0 Å². The van der Waals surface area contributed by atoms with Crippen LogP contribution < -0.4 is 16.2 Å². The van der Waals surface area contributed by atoms with Gasteiger partial charge in [-0.15, -0.1) is 0 Å². The predicted octanol–water partition coefficient (Wildman–Crippen LogP) is 1.56. The number of benzene rings is 1. The van der Waals surface area contributed by atoms with Gasteiger partial charge in [-0.2, -0.15) is 0 Å². The molecular weight excluding hydrogens is 266 g/mol. The van der Waals surface area contributed by atoms with E-state index in [1.54, 1.807) is 30.3 Å². The molecule has 0 saturated carbocycles. The molecule has 2 heterocycles. The molecule has 1 aromatic carbocycles. The predicted molar refractivity (Wildman–Crippen MR) is 82.5 cm³/mol. The molecule has 1 aliphatic rings. The van der Waals surface area contributed by atoms with Crippen LogP contribution >= 0.6 is 0 Å². The number of carbonyl (C=O) groups excluding carboxylic acids is 1. The summed E-state index contributed by atoms with van der Waals surface area (Å²) in [6.45, 7) is 0.658. The number of hydrogen-bond donors (Lipinski definition) is 1. The van der Waals surface area contributed by atoms with Gasteiger partial charge in [0.15, 0.2) is 0 Å². The average Bonchev–Trinajstić information content (AvgIpc) is 2.48. The Morgan fingerprint density at radius 2 is 2.05 bits per heavy atom. The molecule has 0 aliphatic carbocycles. The molecule has 21 heavy (non-hydrogen) atoms. The summed E-state index contributed by atoms with van der Waals surface area (Å²) in [6.07, 6.45) is 3.43. The molecular formula is C16H17N3O2. The van der Waals surface area contributed by atoms with Crippen LogP contribution in [-0.2, 0) is 13.5 Å². The maximum Gasteiger partial charge on any atom is 0.258 e. The number of nitrogen functional groups attached to an aromatic ring is 1. The van der Waals surface area contributed by atoms with Crippen molar-refractivity contribution in [3.8, 4) is 0 Å². The molecule has 0 fully saturated rings. The number of aryl methyl sites for hydroxylation is 2. The number of nitrogens with zero attached hydrogens (tertiary/aromatic N) is 2. The number of carbonyl (C=O) groups is 1. The Hall–Kier alpha value is -2.56. The normalized spacial score (nSPS) is 13.9. The Kier molecular flexibility index (Phi) is 3.25. The van der Waals surface area contributed by atoms with Crippen LogP contribution in [0, 0.1) is 0 Å². The summed E-state index contributed by atoms with van der Waals surface area (Å²) in [5.74, 6) is -0.140. The Balaban J connectivity index is 2.00. The van der Waals surface area contributed by atoms with Crippen LogP contribution in [-0.4, -0.2) is 17.0 Å². The summed E-state index contributed by atoms with van der Waals surface area (Å²) in [6, 6.07) is 8.65. The molecule has 0 atom stereocenters. The zero-order valence-corrected chi connectivity index (χ0v) is 11.9. The zero-order chi connectivity index (χ0) is 15.0. The highest BCUT2D eigenvalue weighted by molar-refractivity contribution is 6.06. The summed E-state index contributed by atoms with van der Waals surface area (Å²) in [5.41, 5.74) is 8.71. The lowest BCUT2D eigenvalue weighted by Crippen LogP contribution is -2.36. The van der Waals surface area contributed by atoms with Gasteiger partial charge in [-0.25, -0.2) is 0 Å². The molecule has 5 heteroatoms. The third-order valence-electron chi connectivity index (χ3n) is 3.82. The number of amides is 1. The number of pyridine rings is 1. The lowest BCUT2D eigenvalue weighted by molar-refractivity contribution is 0.0985. The largest absolute Gasteiger partial charge is 0.399 e. The van der Waals surface area contributed by atoms with Gasteiger partial charge in [0.2, 0.25) is 0 Å². The van der Waals surface area contributed by atoms with Gasteiger partial charge in [0.25, 0.3) is 11.5 Å². The molecule has 3 rings (SSSR count).